The quantitative estimate of drug-likeness (QED) is 0.535. The molecule has 0 bridgehead atoms. The average Bonchev–Trinajstić information content (AvgIpc) is 2.24. The number of hydrogen-bond donors (Lipinski definition) is 1. The first-order valence-electron chi connectivity index (χ1n) is 6.68. The zero-order chi connectivity index (χ0) is 11.4. The molecule has 2 heteroatoms. The van der Waals surface area contributed by atoms with Crippen LogP contribution in [-0.4, -0.2) is 36.2 Å². The van der Waals surface area contributed by atoms with Crippen molar-refractivity contribution >= 4 is 0 Å². The Hall–Kier alpha value is -0.0800. The molecule has 0 aliphatic rings. The van der Waals surface area contributed by atoms with Gasteiger partial charge in [0.15, 0.2) is 0 Å². The van der Waals surface area contributed by atoms with Crippen LogP contribution in [0, 0.1) is 0 Å². The van der Waals surface area contributed by atoms with Crippen molar-refractivity contribution in [2.75, 3.05) is 26.2 Å². The fourth-order valence-corrected chi connectivity index (χ4v) is 1.82. The van der Waals surface area contributed by atoms with Gasteiger partial charge in [-0.3, -0.25) is 0 Å². The molecule has 0 atom stereocenters. The van der Waals surface area contributed by atoms with E-state index in [1.807, 2.05) is 0 Å². The largest absolute Gasteiger partial charge is 0.395 e. The fraction of sp³-hybridized carbons (Fsp3) is 1.00. The van der Waals surface area contributed by atoms with Crippen molar-refractivity contribution in [3.05, 3.63) is 0 Å². The molecule has 0 unspecified atom stereocenters. The Morgan fingerprint density at radius 3 is 1.80 bits per heavy atom. The standard InChI is InChI=1S/C13H29NO/c1-3-5-7-9-11-14(12-13-15)10-8-6-4-2/h15H,3-13H2,1-2H3. The van der Waals surface area contributed by atoms with Crippen LogP contribution in [0.15, 0.2) is 0 Å². The van der Waals surface area contributed by atoms with E-state index >= 15 is 0 Å². The SMILES string of the molecule is CCCCCCN(CCO)CCCCC. The lowest BCUT2D eigenvalue weighted by Gasteiger charge is -2.20. The van der Waals surface area contributed by atoms with Crippen LogP contribution in [0.3, 0.4) is 0 Å². The Bertz CT molecular complexity index is 117. The van der Waals surface area contributed by atoms with Gasteiger partial charge in [-0.1, -0.05) is 46.0 Å². The van der Waals surface area contributed by atoms with Crippen LogP contribution in [0.5, 0.6) is 0 Å². The molecule has 2 nitrogen and oxygen atoms in total. The highest BCUT2D eigenvalue weighted by molar-refractivity contribution is 4.57. The molecule has 1 N–H and O–H groups in total. The van der Waals surface area contributed by atoms with Crippen LogP contribution in [0.1, 0.15) is 58.8 Å². The lowest BCUT2D eigenvalue weighted by atomic mass is 10.2. The Labute approximate surface area is 95.7 Å². The van der Waals surface area contributed by atoms with Gasteiger partial charge in [-0.05, 0) is 25.9 Å². The maximum absolute atomic E-state index is 8.95. The minimum atomic E-state index is 0.305. The molecule has 0 saturated heterocycles. The second-order valence-electron chi connectivity index (χ2n) is 4.33. The van der Waals surface area contributed by atoms with Crippen molar-refractivity contribution in [3.63, 3.8) is 0 Å². The topological polar surface area (TPSA) is 23.5 Å². The number of aliphatic hydroxyl groups excluding tert-OH is 1. The fourth-order valence-electron chi connectivity index (χ4n) is 1.82. The van der Waals surface area contributed by atoms with Crippen LogP contribution in [0.2, 0.25) is 0 Å². The predicted molar refractivity (Wildman–Crippen MR) is 67.2 cm³/mol. The highest BCUT2D eigenvalue weighted by atomic mass is 16.3. The van der Waals surface area contributed by atoms with E-state index in [0.29, 0.717) is 6.61 Å². The van der Waals surface area contributed by atoms with E-state index in [1.165, 1.54) is 58.0 Å². The Kier molecular flexibility index (Phi) is 11.9. The van der Waals surface area contributed by atoms with Gasteiger partial charge in [-0.2, -0.15) is 0 Å². The van der Waals surface area contributed by atoms with Crippen LogP contribution in [0.4, 0.5) is 0 Å². The average molecular weight is 215 g/mol. The lowest BCUT2D eigenvalue weighted by molar-refractivity contribution is 0.190. The third-order valence-corrected chi connectivity index (χ3v) is 2.82. The third kappa shape index (κ3) is 10.2. The van der Waals surface area contributed by atoms with Gasteiger partial charge in [0.25, 0.3) is 0 Å². The van der Waals surface area contributed by atoms with Crippen LogP contribution in [-0.2, 0) is 0 Å². The van der Waals surface area contributed by atoms with Crippen molar-refractivity contribution in [3.8, 4) is 0 Å². The van der Waals surface area contributed by atoms with Crippen molar-refractivity contribution in [2.24, 2.45) is 0 Å². The molecule has 0 aromatic rings. The summed E-state index contributed by atoms with van der Waals surface area (Å²) in [6.45, 7) is 7.98. The number of rotatable bonds is 11. The molecule has 0 spiro atoms. The van der Waals surface area contributed by atoms with Crippen molar-refractivity contribution < 1.29 is 5.11 Å². The summed E-state index contributed by atoms with van der Waals surface area (Å²) in [4.78, 5) is 2.41. The molecule has 0 heterocycles. The molecule has 0 aliphatic heterocycles. The number of aliphatic hydroxyl groups is 1. The van der Waals surface area contributed by atoms with Crippen molar-refractivity contribution in [1.82, 2.24) is 4.90 Å². The zero-order valence-electron chi connectivity index (χ0n) is 10.7. The summed E-state index contributed by atoms with van der Waals surface area (Å²) in [5, 5.41) is 8.95. The maximum Gasteiger partial charge on any atom is 0.0558 e. The van der Waals surface area contributed by atoms with E-state index in [9.17, 15) is 0 Å². The predicted octanol–water partition coefficient (Wildman–Crippen LogP) is 3.05. The highest BCUT2D eigenvalue weighted by Crippen LogP contribution is 2.03. The van der Waals surface area contributed by atoms with Gasteiger partial charge < -0.3 is 10.0 Å². The first-order chi connectivity index (χ1) is 7.35. The van der Waals surface area contributed by atoms with Gasteiger partial charge in [0.2, 0.25) is 0 Å². The van der Waals surface area contributed by atoms with Crippen LogP contribution >= 0.6 is 0 Å². The Morgan fingerprint density at radius 2 is 1.27 bits per heavy atom. The molecule has 0 amide bonds. The number of nitrogens with zero attached hydrogens (tertiary/aromatic N) is 1. The number of hydrogen-bond acceptors (Lipinski definition) is 2. The molecule has 0 aromatic carbocycles. The molecule has 0 radical (unpaired) electrons. The summed E-state index contributed by atoms with van der Waals surface area (Å²) in [7, 11) is 0. The normalized spacial score (nSPS) is 11.2. The summed E-state index contributed by atoms with van der Waals surface area (Å²) in [5.74, 6) is 0. The van der Waals surface area contributed by atoms with Gasteiger partial charge in [-0.25, -0.2) is 0 Å². The van der Waals surface area contributed by atoms with E-state index in [4.69, 9.17) is 5.11 Å². The zero-order valence-corrected chi connectivity index (χ0v) is 10.7. The summed E-state index contributed by atoms with van der Waals surface area (Å²) >= 11 is 0. The Balaban J connectivity index is 3.44. The molecule has 0 aromatic heterocycles. The monoisotopic (exact) mass is 215 g/mol. The van der Waals surface area contributed by atoms with E-state index in [0.717, 1.165) is 6.54 Å². The van der Waals surface area contributed by atoms with E-state index in [1.54, 1.807) is 0 Å². The van der Waals surface area contributed by atoms with E-state index in [-0.39, 0.29) is 0 Å². The first-order valence-corrected chi connectivity index (χ1v) is 6.68. The molecule has 0 saturated carbocycles. The molecule has 0 rings (SSSR count). The second kappa shape index (κ2) is 12.0. The van der Waals surface area contributed by atoms with Crippen molar-refractivity contribution in [1.29, 1.82) is 0 Å². The van der Waals surface area contributed by atoms with Gasteiger partial charge in [0.1, 0.15) is 0 Å². The maximum atomic E-state index is 8.95. The minimum Gasteiger partial charge on any atom is -0.395 e. The molecule has 0 aliphatic carbocycles. The van der Waals surface area contributed by atoms with E-state index in [2.05, 4.69) is 18.7 Å². The Morgan fingerprint density at radius 1 is 0.733 bits per heavy atom. The summed E-state index contributed by atoms with van der Waals surface area (Å²) in [6, 6.07) is 0. The highest BCUT2D eigenvalue weighted by Gasteiger charge is 2.02. The van der Waals surface area contributed by atoms with Gasteiger partial charge in [0.05, 0.1) is 6.61 Å². The van der Waals surface area contributed by atoms with Gasteiger partial charge >= 0.3 is 0 Å². The minimum absolute atomic E-state index is 0.305. The van der Waals surface area contributed by atoms with Crippen LogP contribution in [0.25, 0.3) is 0 Å². The van der Waals surface area contributed by atoms with E-state index < -0.39 is 0 Å². The first kappa shape index (κ1) is 14.9. The summed E-state index contributed by atoms with van der Waals surface area (Å²) in [5.41, 5.74) is 0. The van der Waals surface area contributed by atoms with Crippen LogP contribution < -0.4 is 0 Å². The second-order valence-corrected chi connectivity index (χ2v) is 4.33. The number of unbranched alkanes of at least 4 members (excludes halogenated alkanes) is 5. The lowest BCUT2D eigenvalue weighted by Crippen LogP contribution is -2.29. The summed E-state index contributed by atoms with van der Waals surface area (Å²) in [6.07, 6.45) is 9.16. The molecular formula is C13H29NO. The molecular weight excluding hydrogens is 186 g/mol. The van der Waals surface area contributed by atoms with Gasteiger partial charge in [-0.15, -0.1) is 0 Å². The molecule has 92 valence electrons. The smallest absolute Gasteiger partial charge is 0.0558 e. The molecule has 0 fully saturated rings. The van der Waals surface area contributed by atoms with Crippen molar-refractivity contribution in [2.45, 2.75) is 58.8 Å². The molecule has 15 heavy (non-hydrogen) atoms. The third-order valence-electron chi connectivity index (χ3n) is 2.82. The van der Waals surface area contributed by atoms with Gasteiger partial charge in [0, 0.05) is 6.54 Å². The summed E-state index contributed by atoms with van der Waals surface area (Å²) < 4.78 is 0.